The first-order valence-corrected chi connectivity index (χ1v) is 9.87. The average Bonchev–Trinajstić information content (AvgIpc) is 2.65. The molecule has 0 aliphatic heterocycles. The molecule has 0 aliphatic rings. The third-order valence-corrected chi connectivity index (χ3v) is 4.50. The predicted octanol–water partition coefficient (Wildman–Crippen LogP) is 5.19. The van der Waals surface area contributed by atoms with Gasteiger partial charge in [0, 0.05) is 18.2 Å². The average molecular weight is 373 g/mol. The summed E-state index contributed by atoms with van der Waals surface area (Å²) >= 11 is 0. The number of benzene rings is 1. The van der Waals surface area contributed by atoms with Gasteiger partial charge in [-0.2, -0.15) is 0 Å². The summed E-state index contributed by atoms with van der Waals surface area (Å²) in [6.07, 6.45) is 4.38. The van der Waals surface area contributed by atoms with E-state index in [2.05, 4.69) is 31.1 Å². The number of amides is 1. The quantitative estimate of drug-likeness (QED) is 0.623. The smallest absolute Gasteiger partial charge is 0.256 e. The molecule has 27 heavy (non-hydrogen) atoms. The van der Waals surface area contributed by atoms with Crippen molar-refractivity contribution in [3.05, 3.63) is 30.5 Å². The minimum atomic E-state index is -0.841. The number of anilines is 1. The van der Waals surface area contributed by atoms with Gasteiger partial charge in [0.2, 0.25) is 0 Å². The molecule has 0 saturated carbocycles. The molecule has 148 valence electrons. The summed E-state index contributed by atoms with van der Waals surface area (Å²) in [6, 6.07) is 7.56. The lowest BCUT2D eigenvalue weighted by molar-refractivity contribution is -0.139. The summed E-state index contributed by atoms with van der Waals surface area (Å²) in [5, 5.41) is 3.91. The van der Waals surface area contributed by atoms with Crippen LogP contribution in [0.15, 0.2) is 30.5 Å². The molecule has 0 spiro atoms. The summed E-state index contributed by atoms with van der Waals surface area (Å²) in [6.45, 7) is 11.2. The van der Waals surface area contributed by atoms with Crippen molar-refractivity contribution in [2.75, 3.05) is 18.5 Å². The molecule has 2 aromatic rings. The third-order valence-electron chi connectivity index (χ3n) is 4.50. The van der Waals surface area contributed by atoms with Gasteiger partial charge >= 0.3 is 0 Å². The van der Waals surface area contributed by atoms with Crippen LogP contribution in [0, 0.1) is 5.92 Å². The Labute approximate surface area is 162 Å². The van der Waals surface area contributed by atoms with Crippen LogP contribution in [-0.4, -0.2) is 29.7 Å². The Balaban J connectivity index is 2.30. The first-order chi connectivity index (χ1) is 12.9. The van der Waals surface area contributed by atoms with Gasteiger partial charge in [0.1, 0.15) is 16.9 Å². The summed E-state index contributed by atoms with van der Waals surface area (Å²) in [4.78, 5) is 17.5. The summed E-state index contributed by atoms with van der Waals surface area (Å²) in [5.41, 5.74) is 0.636. The van der Waals surface area contributed by atoms with Crippen molar-refractivity contribution in [3.63, 3.8) is 0 Å². The Hall–Kier alpha value is -2.14. The van der Waals surface area contributed by atoms with Crippen molar-refractivity contribution in [2.24, 2.45) is 5.92 Å². The number of hydrogen-bond donors (Lipinski definition) is 1. The van der Waals surface area contributed by atoms with E-state index in [1.807, 2.05) is 38.1 Å². The molecule has 5 heteroatoms. The number of nitrogens with zero attached hydrogens (tertiary/aromatic N) is 1. The predicted molar refractivity (Wildman–Crippen MR) is 110 cm³/mol. The van der Waals surface area contributed by atoms with Crippen molar-refractivity contribution in [1.29, 1.82) is 0 Å². The Morgan fingerprint density at radius 3 is 2.70 bits per heavy atom. The SMILES string of the molecule is CCCC[C@@](C)(OCC)C(=O)Nc1ccc(OCC(C)C)c2ncccc12. The Kier molecular flexibility index (Phi) is 7.60. The maximum atomic E-state index is 13.0. The van der Waals surface area contributed by atoms with Crippen LogP contribution >= 0.6 is 0 Å². The van der Waals surface area contributed by atoms with Gasteiger partial charge in [0.25, 0.3) is 5.91 Å². The molecule has 1 aromatic carbocycles. The maximum absolute atomic E-state index is 13.0. The minimum absolute atomic E-state index is 0.126. The van der Waals surface area contributed by atoms with Gasteiger partial charge in [0.15, 0.2) is 0 Å². The molecule has 0 unspecified atom stereocenters. The van der Waals surface area contributed by atoms with E-state index in [1.165, 1.54) is 0 Å². The van der Waals surface area contributed by atoms with Gasteiger partial charge in [-0.15, -0.1) is 0 Å². The van der Waals surface area contributed by atoms with E-state index in [9.17, 15) is 4.79 Å². The van der Waals surface area contributed by atoms with Gasteiger partial charge in [-0.05, 0) is 50.5 Å². The zero-order valence-electron chi connectivity index (χ0n) is 17.2. The summed E-state index contributed by atoms with van der Waals surface area (Å²) < 4.78 is 11.7. The molecule has 1 N–H and O–H groups in total. The van der Waals surface area contributed by atoms with Gasteiger partial charge < -0.3 is 14.8 Å². The zero-order chi connectivity index (χ0) is 19.9. The lowest BCUT2D eigenvalue weighted by Crippen LogP contribution is -2.42. The van der Waals surface area contributed by atoms with Crippen LogP contribution in [0.2, 0.25) is 0 Å². The standard InChI is InChI=1S/C22H32N2O3/c1-6-8-13-22(5,27-7-2)21(25)24-18-11-12-19(26-15-16(3)4)20-17(18)10-9-14-23-20/h9-12,14,16H,6-8,13,15H2,1-5H3,(H,24,25)/t22-/m1/s1. The Bertz CT molecular complexity index is 760. The fourth-order valence-electron chi connectivity index (χ4n) is 2.97. The van der Waals surface area contributed by atoms with Crippen LogP contribution in [-0.2, 0) is 9.53 Å². The molecule has 1 aromatic heterocycles. The number of aromatic nitrogens is 1. The Morgan fingerprint density at radius 1 is 1.26 bits per heavy atom. The number of hydrogen-bond acceptors (Lipinski definition) is 4. The van der Waals surface area contributed by atoms with Gasteiger partial charge in [0.05, 0.1) is 12.3 Å². The number of pyridine rings is 1. The number of fused-ring (bicyclic) bond motifs is 1. The van der Waals surface area contributed by atoms with Crippen LogP contribution in [0.1, 0.15) is 53.9 Å². The fraction of sp³-hybridized carbons (Fsp3) is 0.545. The van der Waals surface area contributed by atoms with Crippen molar-refractivity contribution < 1.29 is 14.3 Å². The molecule has 5 nitrogen and oxygen atoms in total. The summed E-state index contributed by atoms with van der Waals surface area (Å²) in [5.74, 6) is 1.03. The van der Waals surface area contributed by atoms with Gasteiger partial charge in [-0.1, -0.05) is 33.6 Å². The highest BCUT2D eigenvalue weighted by atomic mass is 16.5. The first kappa shape index (κ1) is 21.2. The second-order valence-electron chi connectivity index (χ2n) is 7.44. The van der Waals surface area contributed by atoms with E-state index in [0.29, 0.717) is 25.6 Å². The molecule has 0 aliphatic carbocycles. The highest BCUT2D eigenvalue weighted by Gasteiger charge is 2.33. The topological polar surface area (TPSA) is 60.5 Å². The molecule has 0 saturated heterocycles. The van der Waals surface area contributed by atoms with Crippen molar-refractivity contribution in [1.82, 2.24) is 4.98 Å². The highest BCUT2D eigenvalue weighted by Crippen LogP contribution is 2.31. The minimum Gasteiger partial charge on any atom is -0.491 e. The van der Waals surface area contributed by atoms with E-state index in [0.717, 1.165) is 35.2 Å². The van der Waals surface area contributed by atoms with Gasteiger partial charge in [-0.3, -0.25) is 9.78 Å². The normalized spacial score (nSPS) is 13.6. The van der Waals surface area contributed by atoms with Crippen molar-refractivity contribution in [2.45, 2.75) is 59.5 Å². The summed E-state index contributed by atoms with van der Waals surface area (Å²) in [7, 11) is 0. The van der Waals surface area contributed by atoms with Crippen LogP contribution in [0.4, 0.5) is 5.69 Å². The molecular weight excluding hydrogens is 340 g/mol. The second-order valence-corrected chi connectivity index (χ2v) is 7.44. The van der Waals surface area contributed by atoms with Crippen molar-refractivity contribution in [3.8, 4) is 5.75 Å². The van der Waals surface area contributed by atoms with E-state index in [4.69, 9.17) is 9.47 Å². The molecule has 0 fully saturated rings. The van der Waals surface area contributed by atoms with E-state index >= 15 is 0 Å². The molecule has 0 bridgehead atoms. The number of carbonyl (C=O) groups excluding carboxylic acids is 1. The number of unbranched alkanes of at least 4 members (excludes halogenated alkanes) is 1. The molecule has 0 radical (unpaired) electrons. The Morgan fingerprint density at radius 2 is 2.04 bits per heavy atom. The van der Waals surface area contributed by atoms with E-state index in [1.54, 1.807) is 6.20 Å². The first-order valence-electron chi connectivity index (χ1n) is 9.87. The zero-order valence-corrected chi connectivity index (χ0v) is 17.2. The molecule has 1 amide bonds. The van der Waals surface area contributed by atoms with Crippen LogP contribution in [0.5, 0.6) is 5.75 Å². The molecule has 1 heterocycles. The van der Waals surface area contributed by atoms with Crippen LogP contribution < -0.4 is 10.1 Å². The molecule has 1 atom stereocenters. The van der Waals surface area contributed by atoms with Crippen LogP contribution in [0.25, 0.3) is 10.9 Å². The highest BCUT2D eigenvalue weighted by molar-refractivity contribution is 6.05. The number of carbonyl (C=O) groups is 1. The maximum Gasteiger partial charge on any atom is 0.256 e. The largest absolute Gasteiger partial charge is 0.491 e. The monoisotopic (exact) mass is 372 g/mol. The second kappa shape index (κ2) is 9.70. The number of ether oxygens (including phenoxy) is 2. The fourth-order valence-corrected chi connectivity index (χ4v) is 2.97. The lowest BCUT2D eigenvalue weighted by Gasteiger charge is -2.28. The van der Waals surface area contributed by atoms with E-state index < -0.39 is 5.60 Å². The molecular formula is C22H32N2O3. The number of rotatable bonds is 10. The lowest BCUT2D eigenvalue weighted by atomic mass is 9.97. The number of nitrogens with one attached hydrogen (secondary N) is 1. The van der Waals surface area contributed by atoms with Crippen LogP contribution in [0.3, 0.4) is 0 Å². The van der Waals surface area contributed by atoms with Gasteiger partial charge in [-0.25, -0.2) is 0 Å². The molecule has 2 rings (SSSR count). The third kappa shape index (κ3) is 5.42. The van der Waals surface area contributed by atoms with E-state index in [-0.39, 0.29) is 5.91 Å². The van der Waals surface area contributed by atoms with Crippen molar-refractivity contribution >= 4 is 22.5 Å².